The Kier molecular flexibility index (Phi) is 4.60. The van der Waals surface area contributed by atoms with Gasteiger partial charge in [0.15, 0.2) is 0 Å². The van der Waals surface area contributed by atoms with Gasteiger partial charge < -0.3 is 14.8 Å². The summed E-state index contributed by atoms with van der Waals surface area (Å²) in [6.07, 6.45) is 1.71. The van der Waals surface area contributed by atoms with Crippen molar-refractivity contribution >= 4 is 17.5 Å². The van der Waals surface area contributed by atoms with E-state index in [1.54, 1.807) is 30.3 Å². The summed E-state index contributed by atoms with van der Waals surface area (Å²) in [5.74, 6) is 0.333. The molecule has 0 saturated heterocycles. The van der Waals surface area contributed by atoms with Gasteiger partial charge in [0, 0.05) is 5.02 Å². The van der Waals surface area contributed by atoms with E-state index in [0.29, 0.717) is 10.8 Å². The van der Waals surface area contributed by atoms with E-state index < -0.39 is 6.04 Å². The first-order valence-electron chi connectivity index (χ1n) is 5.87. The van der Waals surface area contributed by atoms with E-state index in [9.17, 15) is 9.90 Å². The maximum absolute atomic E-state index is 11.9. The topological polar surface area (TPSA) is 62.5 Å². The first-order valence-corrected chi connectivity index (χ1v) is 6.25. The zero-order valence-corrected chi connectivity index (χ0v) is 10.9. The number of aliphatic hydroxyl groups is 1. The average Bonchev–Trinajstić information content (AvgIpc) is 2.89. The molecule has 0 saturated carbocycles. The smallest absolute Gasteiger partial charge is 0.225 e. The van der Waals surface area contributed by atoms with Gasteiger partial charge in [0.2, 0.25) is 5.91 Å². The molecule has 0 radical (unpaired) electrons. The summed E-state index contributed by atoms with van der Waals surface area (Å²) in [6, 6.07) is 10.0. The molecule has 5 heteroatoms. The fraction of sp³-hybridized carbons (Fsp3) is 0.214. The number of amides is 1. The molecule has 0 aliphatic heterocycles. The number of nitrogens with one attached hydrogen (secondary N) is 1. The third-order valence-corrected chi connectivity index (χ3v) is 2.89. The highest BCUT2D eigenvalue weighted by Crippen LogP contribution is 2.14. The molecule has 4 nitrogen and oxygen atoms in total. The van der Waals surface area contributed by atoms with Gasteiger partial charge in [0.25, 0.3) is 0 Å². The zero-order valence-electron chi connectivity index (χ0n) is 10.2. The van der Waals surface area contributed by atoms with E-state index in [-0.39, 0.29) is 18.9 Å². The van der Waals surface area contributed by atoms with Crippen LogP contribution >= 0.6 is 11.6 Å². The van der Waals surface area contributed by atoms with Crippen molar-refractivity contribution in [1.29, 1.82) is 0 Å². The minimum Gasteiger partial charge on any atom is -0.467 e. The van der Waals surface area contributed by atoms with E-state index in [2.05, 4.69) is 5.32 Å². The van der Waals surface area contributed by atoms with E-state index in [4.69, 9.17) is 16.0 Å². The molecule has 19 heavy (non-hydrogen) atoms. The molecule has 0 aliphatic carbocycles. The van der Waals surface area contributed by atoms with Gasteiger partial charge in [0.1, 0.15) is 11.8 Å². The fourth-order valence-electron chi connectivity index (χ4n) is 1.77. The largest absolute Gasteiger partial charge is 0.467 e. The SMILES string of the molecule is O=C(Cc1cccc(Cl)c1)NC(CO)c1ccco1. The van der Waals surface area contributed by atoms with Crippen LogP contribution in [0, 0.1) is 0 Å². The number of halogens is 1. The highest BCUT2D eigenvalue weighted by Gasteiger charge is 2.16. The second-order valence-electron chi connectivity index (χ2n) is 4.12. The van der Waals surface area contributed by atoms with Crippen molar-refractivity contribution in [2.45, 2.75) is 12.5 Å². The summed E-state index contributed by atoms with van der Waals surface area (Å²) in [5, 5.41) is 12.6. The number of rotatable bonds is 5. The third kappa shape index (κ3) is 3.84. The Morgan fingerprint density at radius 2 is 2.21 bits per heavy atom. The zero-order chi connectivity index (χ0) is 13.7. The van der Waals surface area contributed by atoms with E-state index in [1.807, 2.05) is 6.07 Å². The van der Waals surface area contributed by atoms with Crippen molar-refractivity contribution in [2.24, 2.45) is 0 Å². The molecule has 1 aromatic heterocycles. The molecular formula is C14H14ClNO3. The molecule has 2 rings (SSSR count). The molecule has 1 aromatic carbocycles. The minimum absolute atomic E-state index is 0.197. The molecule has 100 valence electrons. The minimum atomic E-state index is -0.526. The van der Waals surface area contributed by atoms with Crippen LogP contribution in [0.3, 0.4) is 0 Å². The van der Waals surface area contributed by atoms with Crippen LogP contribution in [-0.2, 0) is 11.2 Å². The van der Waals surface area contributed by atoms with Gasteiger partial charge >= 0.3 is 0 Å². The summed E-state index contributed by atoms with van der Waals surface area (Å²) in [6.45, 7) is -0.213. The van der Waals surface area contributed by atoms with Crippen molar-refractivity contribution in [3.8, 4) is 0 Å². The normalized spacial score (nSPS) is 12.1. The lowest BCUT2D eigenvalue weighted by Crippen LogP contribution is -2.31. The molecule has 0 aliphatic rings. The number of furan rings is 1. The molecule has 0 spiro atoms. The average molecular weight is 280 g/mol. The summed E-state index contributed by atoms with van der Waals surface area (Å²) >= 11 is 5.86. The van der Waals surface area contributed by atoms with Gasteiger partial charge in [0.05, 0.1) is 19.3 Å². The number of benzene rings is 1. The number of carbonyl (C=O) groups is 1. The lowest BCUT2D eigenvalue weighted by molar-refractivity contribution is -0.121. The highest BCUT2D eigenvalue weighted by molar-refractivity contribution is 6.30. The highest BCUT2D eigenvalue weighted by atomic mass is 35.5. The van der Waals surface area contributed by atoms with Crippen molar-refractivity contribution in [3.05, 3.63) is 59.0 Å². The summed E-state index contributed by atoms with van der Waals surface area (Å²) in [5.41, 5.74) is 0.820. The van der Waals surface area contributed by atoms with Crippen LogP contribution in [0.4, 0.5) is 0 Å². The summed E-state index contributed by atoms with van der Waals surface area (Å²) in [4.78, 5) is 11.9. The first kappa shape index (κ1) is 13.6. The Hall–Kier alpha value is -1.78. The Morgan fingerprint density at radius 3 is 2.84 bits per heavy atom. The Balaban J connectivity index is 1.97. The lowest BCUT2D eigenvalue weighted by atomic mass is 10.1. The van der Waals surface area contributed by atoms with Gasteiger partial charge in [-0.3, -0.25) is 4.79 Å². The molecule has 2 N–H and O–H groups in total. The Morgan fingerprint density at radius 1 is 1.37 bits per heavy atom. The quantitative estimate of drug-likeness (QED) is 0.883. The molecule has 2 aromatic rings. The van der Waals surface area contributed by atoms with Crippen molar-refractivity contribution in [2.75, 3.05) is 6.61 Å². The van der Waals surface area contributed by atoms with Gasteiger partial charge in [-0.1, -0.05) is 23.7 Å². The van der Waals surface area contributed by atoms with Gasteiger partial charge in [-0.25, -0.2) is 0 Å². The van der Waals surface area contributed by atoms with E-state index >= 15 is 0 Å². The second kappa shape index (κ2) is 6.41. The van der Waals surface area contributed by atoms with Crippen LogP contribution in [0.25, 0.3) is 0 Å². The maximum Gasteiger partial charge on any atom is 0.225 e. The second-order valence-corrected chi connectivity index (χ2v) is 4.56. The van der Waals surface area contributed by atoms with Gasteiger partial charge in [-0.05, 0) is 29.8 Å². The van der Waals surface area contributed by atoms with Gasteiger partial charge in [-0.2, -0.15) is 0 Å². The van der Waals surface area contributed by atoms with E-state index in [1.165, 1.54) is 6.26 Å². The summed E-state index contributed by atoms with van der Waals surface area (Å²) in [7, 11) is 0. The maximum atomic E-state index is 11.9. The number of hydrogen-bond acceptors (Lipinski definition) is 3. The lowest BCUT2D eigenvalue weighted by Gasteiger charge is -2.13. The molecule has 1 heterocycles. The van der Waals surface area contributed by atoms with Crippen LogP contribution in [0.1, 0.15) is 17.4 Å². The van der Waals surface area contributed by atoms with Crippen molar-refractivity contribution in [1.82, 2.24) is 5.32 Å². The van der Waals surface area contributed by atoms with Crippen LogP contribution in [0.15, 0.2) is 47.1 Å². The molecular weight excluding hydrogens is 266 g/mol. The van der Waals surface area contributed by atoms with Crippen LogP contribution in [0.5, 0.6) is 0 Å². The molecule has 1 atom stereocenters. The standard InChI is InChI=1S/C14H14ClNO3/c15-11-4-1-3-10(7-11)8-14(18)16-12(9-17)13-5-2-6-19-13/h1-7,12,17H,8-9H2,(H,16,18). The van der Waals surface area contributed by atoms with Gasteiger partial charge in [-0.15, -0.1) is 0 Å². The predicted molar refractivity (Wildman–Crippen MR) is 71.8 cm³/mol. The van der Waals surface area contributed by atoms with Crippen LogP contribution in [0.2, 0.25) is 5.02 Å². The molecule has 1 amide bonds. The predicted octanol–water partition coefficient (Wildman–Crippen LogP) is 2.33. The fourth-order valence-corrected chi connectivity index (χ4v) is 1.99. The van der Waals surface area contributed by atoms with Crippen molar-refractivity contribution in [3.63, 3.8) is 0 Å². The van der Waals surface area contributed by atoms with E-state index in [0.717, 1.165) is 5.56 Å². The first-order chi connectivity index (χ1) is 9.19. The number of aliphatic hydroxyl groups excluding tert-OH is 1. The van der Waals surface area contributed by atoms with Crippen LogP contribution < -0.4 is 5.32 Å². The molecule has 0 fully saturated rings. The molecule has 1 unspecified atom stereocenters. The third-order valence-electron chi connectivity index (χ3n) is 2.66. The summed E-state index contributed by atoms with van der Waals surface area (Å²) < 4.78 is 5.16. The Labute approximate surface area is 116 Å². The monoisotopic (exact) mass is 279 g/mol. The Bertz CT molecular complexity index is 539. The van der Waals surface area contributed by atoms with Crippen molar-refractivity contribution < 1.29 is 14.3 Å². The van der Waals surface area contributed by atoms with Crippen LogP contribution in [-0.4, -0.2) is 17.6 Å². The number of hydrogen-bond donors (Lipinski definition) is 2. The number of carbonyl (C=O) groups excluding carboxylic acids is 1. The molecule has 0 bridgehead atoms.